The van der Waals surface area contributed by atoms with Crippen LogP contribution < -0.4 is 5.73 Å². The van der Waals surface area contributed by atoms with Crippen LogP contribution in [0.1, 0.15) is 0 Å². The molecule has 0 spiro atoms. The Hall–Kier alpha value is -1.68. The lowest BCUT2D eigenvalue weighted by atomic mass is 10.1. The van der Waals surface area contributed by atoms with Crippen LogP contribution in [0, 0.1) is 5.82 Å². The molecule has 0 aliphatic heterocycles. The first kappa shape index (κ1) is 9.86. The molecule has 2 rings (SSSR count). The van der Waals surface area contributed by atoms with E-state index in [0.717, 1.165) is 6.20 Å². The summed E-state index contributed by atoms with van der Waals surface area (Å²) in [6.07, 6.45) is 1.03. The number of nitrogens with zero attached hydrogens (tertiary/aromatic N) is 2. The van der Waals surface area contributed by atoms with Gasteiger partial charge in [-0.3, -0.25) is 0 Å². The third-order valence-electron chi connectivity index (χ3n) is 1.89. The Kier molecular flexibility index (Phi) is 2.51. The Morgan fingerprint density at radius 3 is 2.73 bits per heavy atom. The number of hydrogen-bond donors (Lipinski definition) is 1. The molecule has 0 unspecified atom stereocenters. The van der Waals surface area contributed by atoms with E-state index in [4.69, 9.17) is 17.3 Å². The number of nitrogen functional groups attached to an aromatic ring is 1. The average molecular weight is 224 g/mol. The van der Waals surface area contributed by atoms with E-state index >= 15 is 0 Å². The molecule has 0 saturated carbocycles. The van der Waals surface area contributed by atoms with Gasteiger partial charge in [-0.2, -0.15) is 0 Å². The topological polar surface area (TPSA) is 51.8 Å². The molecule has 1 aromatic heterocycles. The molecule has 1 heterocycles. The Labute approximate surface area is 90.7 Å². The second kappa shape index (κ2) is 3.82. The van der Waals surface area contributed by atoms with Gasteiger partial charge in [-0.1, -0.05) is 29.8 Å². The molecule has 0 radical (unpaired) electrons. The average Bonchev–Trinajstić information content (AvgIpc) is 2.23. The molecule has 2 N–H and O–H groups in total. The van der Waals surface area contributed by atoms with Crippen LogP contribution in [0.25, 0.3) is 11.3 Å². The normalized spacial score (nSPS) is 10.3. The number of halogens is 2. The Bertz CT molecular complexity index is 502. The molecule has 0 aliphatic carbocycles. The molecule has 1 aromatic carbocycles. The molecule has 76 valence electrons. The van der Waals surface area contributed by atoms with Gasteiger partial charge in [-0.15, -0.1) is 0 Å². The lowest BCUT2D eigenvalue weighted by Crippen LogP contribution is -1.99. The van der Waals surface area contributed by atoms with Crippen molar-refractivity contribution in [2.75, 3.05) is 5.73 Å². The summed E-state index contributed by atoms with van der Waals surface area (Å²) in [5, 5.41) is 0.425. The van der Waals surface area contributed by atoms with Crippen LogP contribution in [0.15, 0.2) is 30.5 Å². The molecule has 0 amide bonds. The molecule has 0 atom stereocenters. The fraction of sp³-hybridized carbons (Fsp3) is 0. The first-order valence-electron chi connectivity index (χ1n) is 4.21. The van der Waals surface area contributed by atoms with Crippen molar-refractivity contribution in [3.8, 4) is 11.3 Å². The fourth-order valence-electron chi connectivity index (χ4n) is 1.22. The molecule has 2 aromatic rings. The third-order valence-corrected chi connectivity index (χ3v) is 2.22. The van der Waals surface area contributed by atoms with Crippen molar-refractivity contribution in [1.82, 2.24) is 9.97 Å². The number of benzene rings is 1. The Balaban J connectivity index is 2.64. The van der Waals surface area contributed by atoms with Crippen molar-refractivity contribution < 1.29 is 4.39 Å². The molecule has 0 saturated heterocycles. The minimum Gasteiger partial charge on any atom is -0.368 e. The summed E-state index contributed by atoms with van der Waals surface area (Å²) in [6, 6.07) is 6.84. The number of nitrogens with two attached hydrogens (primary N) is 1. The summed E-state index contributed by atoms with van der Waals surface area (Å²) in [7, 11) is 0. The molecular weight excluding hydrogens is 217 g/mol. The first-order chi connectivity index (χ1) is 7.18. The Morgan fingerprint density at radius 2 is 2.00 bits per heavy atom. The summed E-state index contributed by atoms with van der Waals surface area (Å²) in [6.45, 7) is 0. The molecule has 0 fully saturated rings. The van der Waals surface area contributed by atoms with Gasteiger partial charge in [0.25, 0.3) is 0 Å². The predicted molar refractivity (Wildman–Crippen MR) is 56.8 cm³/mol. The summed E-state index contributed by atoms with van der Waals surface area (Å²) in [5.41, 5.74) is 6.01. The molecule has 5 heteroatoms. The molecule has 3 nitrogen and oxygen atoms in total. The van der Waals surface area contributed by atoms with Gasteiger partial charge < -0.3 is 5.73 Å². The van der Waals surface area contributed by atoms with Crippen molar-refractivity contribution in [3.05, 3.63) is 41.3 Å². The lowest BCUT2D eigenvalue weighted by Gasteiger charge is -2.04. The maximum atomic E-state index is 13.4. The van der Waals surface area contributed by atoms with Crippen LogP contribution in [-0.2, 0) is 0 Å². The quantitative estimate of drug-likeness (QED) is 0.808. The van der Waals surface area contributed by atoms with Crippen molar-refractivity contribution in [2.24, 2.45) is 0 Å². The van der Waals surface area contributed by atoms with Crippen LogP contribution >= 0.6 is 11.6 Å². The van der Waals surface area contributed by atoms with Crippen molar-refractivity contribution in [2.45, 2.75) is 0 Å². The van der Waals surface area contributed by atoms with Gasteiger partial charge in [0.1, 0.15) is 5.69 Å². The van der Waals surface area contributed by atoms with E-state index in [9.17, 15) is 4.39 Å². The zero-order valence-electron chi connectivity index (χ0n) is 7.61. The summed E-state index contributed by atoms with van der Waals surface area (Å²) in [4.78, 5) is 7.35. The van der Waals surface area contributed by atoms with Gasteiger partial charge in [0.2, 0.25) is 5.95 Å². The maximum absolute atomic E-state index is 13.4. The predicted octanol–water partition coefficient (Wildman–Crippen LogP) is 2.52. The SMILES string of the molecule is Nc1ncc(F)c(-c2ccccc2Cl)n1. The van der Waals surface area contributed by atoms with Crippen LogP contribution in [0.4, 0.5) is 10.3 Å². The van der Waals surface area contributed by atoms with Crippen molar-refractivity contribution in [3.63, 3.8) is 0 Å². The van der Waals surface area contributed by atoms with Crippen LogP contribution in [0.3, 0.4) is 0 Å². The highest BCUT2D eigenvalue weighted by atomic mass is 35.5. The fourth-order valence-corrected chi connectivity index (χ4v) is 1.45. The van der Waals surface area contributed by atoms with E-state index in [-0.39, 0.29) is 11.6 Å². The monoisotopic (exact) mass is 223 g/mol. The van der Waals surface area contributed by atoms with Gasteiger partial charge in [0, 0.05) is 5.56 Å². The number of anilines is 1. The smallest absolute Gasteiger partial charge is 0.220 e. The summed E-state index contributed by atoms with van der Waals surface area (Å²) in [5.74, 6) is -0.524. The zero-order chi connectivity index (χ0) is 10.8. The standard InChI is InChI=1S/C10H7ClFN3/c11-7-4-2-1-3-6(7)9-8(12)5-14-10(13)15-9/h1-5H,(H2,13,14,15). The van der Waals surface area contributed by atoms with E-state index < -0.39 is 5.82 Å². The largest absolute Gasteiger partial charge is 0.368 e. The van der Waals surface area contributed by atoms with E-state index in [1.807, 2.05) is 0 Å². The van der Waals surface area contributed by atoms with E-state index in [1.54, 1.807) is 24.3 Å². The summed E-state index contributed by atoms with van der Waals surface area (Å²) >= 11 is 5.92. The van der Waals surface area contributed by atoms with Gasteiger partial charge in [0.15, 0.2) is 5.82 Å². The lowest BCUT2D eigenvalue weighted by molar-refractivity contribution is 0.619. The molecule has 0 aliphatic rings. The molecule has 15 heavy (non-hydrogen) atoms. The van der Waals surface area contributed by atoms with Crippen molar-refractivity contribution >= 4 is 17.5 Å². The van der Waals surface area contributed by atoms with Crippen LogP contribution in [0.2, 0.25) is 5.02 Å². The minimum absolute atomic E-state index is 0.0197. The molecule has 0 bridgehead atoms. The van der Waals surface area contributed by atoms with Crippen molar-refractivity contribution in [1.29, 1.82) is 0 Å². The minimum atomic E-state index is -0.544. The van der Waals surface area contributed by atoms with Crippen LogP contribution in [-0.4, -0.2) is 9.97 Å². The van der Waals surface area contributed by atoms with Gasteiger partial charge in [-0.05, 0) is 6.07 Å². The third kappa shape index (κ3) is 1.89. The second-order valence-electron chi connectivity index (χ2n) is 2.90. The summed E-state index contributed by atoms with van der Waals surface area (Å²) < 4.78 is 13.4. The van der Waals surface area contributed by atoms with E-state index in [0.29, 0.717) is 10.6 Å². The highest BCUT2D eigenvalue weighted by molar-refractivity contribution is 6.33. The van der Waals surface area contributed by atoms with Gasteiger partial charge in [-0.25, -0.2) is 14.4 Å². The van der Waals surface area contributed by atoms with Gasteiger partial charge in [0.05, 0.1) is 11.2 Å². The second-order valence-corrected chi connectivity index (χ2v) is 3.31. The number of aromatic nitrogens is 2. The maximum Gasteiger partial charge on any atom is 0.220 e. The number of hydrogen-bond acceptors (Lipinski definition) is 3. The Morgan fingerprint density at radius 1 is 1.27 bits per heavy atom. The van der Waals surface area contributed by atoms with Crippen LogP contribution in [0.5, 0.6) is 0 Å². The van der Waals surface area contributed by atoms with Gasteiger partial charge >= 0.3 is 0 Å². The number of rotatable bonds is 1. The molecular formula is C10H7ClFN3. The van der Waals surface area contributed by atoms with E-state index in [1.165, 1.54) is 0 Å². The highest BCUT2D eigenvalue weighted by Crippen LogP contribution is 2.27. The highest BCUT2D eigenvalue weighted by Gasteiger charge is 2.10. The first-order valence-corrected chi connectivity index (χ1v) is 4.59. The van der Waals surface area contributed by atoms with E-state index in [2.05, 4.69) is 9.97 Å². The zero-order valence-corrected chi connectivity index (χ0v) is 8.37.